The number of hydrogen-bond acceptors (Lipinski definition) is 3. The zero-order valence-corrected chi connectivity index (χ0v) is 27.1. The molecule has 0 saturated carbocycles. The van der Waals surface area contributed by atoms with E-state index in [0.717, 1.165) is 55.7 Å². The lowest BCUT2D eigenvalue weighted by molar-refractivity contribution is 0.669. The molecule has 0 unspecified atom stereocenters. The van der Waals surface area contributed by atoms with Crippen LogP contribution in [0.2, 0.25) is 0 Å². The largest absolute Gasteiger partial charge is 0.455 e. The van der Waals surface area contributed by atoms with Crippen molar-refractivity contribution in [2.24, 2.45) is 0 Å². The van der Waals surface area contributed by atoms with E-state index in [-0.39, 0.29) is 57.7 Å². The fourth-order valence-corrected chi connectivity index (χ4v) is 7.00. The van der Waals surface area contributed by atoms with Gasteiger partial charge in [0.2, 0.25) is 0 Å². The van der Waals surface area contributed by atoms with Gasteiger partial charge in [0.1, 0.15) is 16.7 Å². The summed E-state index contributed by atoms with van der Waals surface area (Å²) >= 11 is 0. The molecule has 0 aliphatic carbocycles. The standard InChI is InChI=1S/C48H31NO2/c1-3-12-32(13-4-1)33-22-26-36(27-23-33)49(37-28-24-35(25-29-37)39-18-11-19-42-40-16-7-9-20-44(40)50-47(39)42)46-38(34-14-5-2-6-15-34)30-31-43-41-17-8-10-21-45(41)51-48(43)46/h1-31H/i7D,9D,11D,16D,18D,19D,20D. The first-order valence-electron chi connectivity index (χ1n) is 20.2. The molecule has 2 aromatic heterocycles. The number of rotatable bonds is 6. The SMILES string of the molecule is [2H]c1c([2H])c([2H])c2c(oc3c(-c4ccc(N(c5ccc(-c6ccccc6)cc5)c5c(-c6ccccc6)ccc6c5oc5ccccc56)cc4)c([2H])c([2H])c([2H])c32)c1[2H]. The molecule has 0 atom stereocenters. The van der Waals surface area contributed by atoms with Crippen LogP contribution in [-0.2, 0) is 0 Å². The molecule has 0 aliphatic rings. The van der Waals surface area contributed by atoms with Gasteiger partial charge in [-0.25, -0.2) is 0 Å². The number of fused-ring (bicyclic) bond motifs is 6. The Labute approximate surface area is 305 Å². The number of nitrogens with zero attached hydrogens (tertiary/aromatic N) is 1. The van der Waals surface area contributed by atoms with Crippen LogP contribution in [0.3, 0.4) is 0 Å². The van der Waals surface area contributed by atoms with E-state index in [1.165, 1.54) is 0 Å². The highest BCUT2D eigenvalue weighted by molar-refractivity contribution is 6.14. The Kier molecular flexibility index (Phi) is 5.32. The lowest BCUT2D eigenvalue weighted by Gasteiger charge is -2.28. The number of hydrogen-bond donors (Lipinski definition) is 0. The Morgan fingerprint density at radius 3 is 1.73 bits per heavy atom. The summed E-state index contributed by atoms with van der Waals surface area (Å²) in [6, 6.07) is 45.9. The van der Waals surface area contributed by atoms with Gasteiger partial charge in [0, 0.05) is 44.0 Å². The average Bonchev–Trinajstić information content (AvgIpc) is 3.86. The molecule has 0 N–H and O–H groups in total. The summed E-state index contributed by atoms with van der Waals surface area (Å²) in [6.45, 7) is 0. The molecule has 0 aliphatic heterocycles. The third kappa shape index (κ3) is 4.90. The Morgan fingerprint density at radius 2 is 0.961 bits per heavy atom. The van der Waals surface area contributed by atoms with Gasteiger partial charge in [0.15, 0.2) is 5.58 Å². The minimum absolute atomic E-state index is 0.0230. The number of para-hydroxylation sites is 3. The van der Waals surface area contributed by atoms with Gasteiger partial charge in [-0.1, -0.05) is 145 Å². The lowest BCUT2D eigenvalue weighted by atomic mass is 9.98. The van der Waals surface area contributed by atoms with Crippen molar-refractivity contribution in [1.82, 2.24) is 0 Å². The zero-order valence-electron chi connectivity index (χ0n) is 34.1. The van der Waals surface area contributed by atoms with Crippen LogP contribution >= 0.6 is 0 Å². The summed E-state index contributed by atoms with van der Waals surface area (Å²) in [6.07, 6.45) is 0. The third-order valence-corrected chi connectivity index (χ3v) is 9.41. The number of anilines is 3. The van der Waals surface area contributed by atoms with Crippen molar-refractivity contribution in [2.75, 3.05) is 4.90 Å². The molecule has 3 nitrogen and oxygen atoms in total. The second kappa shape index (κ2) is 11.9. The van der Waals surface area contributed by atoms with Gasteiger partial charge in [-0.05, 0) is 64.7 Å². The molecule has 0 amide bonds. The molecule has 10 aromatic rings. The van der Waals surface area contributed by atoms with Crippen LogP contribution in [0.15, 0.2) is 197 Å². The van der Waals surface area contributed by atoms with Gasteiger partial charge >= 0.3 is 0 Å². The Bertz CT molecular complexity index is 3230. The Balaban J connectivity index is 1.22. The fourth-order valence-electron chi connectivity index (χ4n) is 7.00. The maximum atomic E-state index is 9.03. The zero-order chi connectivity index (χ0) is 39.8. The van der Waals surface area contributed by atoms with Gasteiger partial charge in [-0.3, -0.25) is 0 Å². The molecule has 3 heteroatoms. The average molecular weight is 661 g/mol. The first-order valence-corrected chi connectivity index (χ1v) is 16.7. The third-order valence-electron chi connectivity index (χ3n) is 9.41. The second-order valence-corrected chi connectivity index (χ2v) is 12.4. The molecule has 51 heavy (non-hydrogen) atoms. The van der Waals surface area contributed by atoms with Crippen molar-refractivity contribution in [3.8, 4) is 33.4 Å². The van der Waals surface area contributed by atoms with Crippen molar-refractivity contribution >= 4 is 60.9 Å². The molecule has 2 heterocycles. The van der Waals surface area contributed by atoms with Crippen molar-refractivity contribution < 1.29 is 18.4 Å². The van der Waals surface area contributed by atoms with E-state index in [2.05, 4.69) is 71.6 Å². The molecule has 0 radical (unpaired) electrons. The van der Waals surface area contributed by atoms with Gasteiger partial charge < -0.3 is 13.7 Å². The highest BCUT2D eigenvalue weighted by atomic mass is 16.3. The van der Waals surface area contributed by atoms with Crippen LogP contribution < -0.4 is 4.90 Å². The van der Waals surface area contributed by atoms with Crippen LogP contribution in [0.1, 0.15) is 9.60 Å². The molecule has 0 saturated heterocycles. The molecular formula is C48H31NO2. The maximum Gasteiger partial charge on any atom is 0.160 e. The minimum Gasteiger partial charge on any atom is -0.455 e. The first-order chi connectivity index (χ1) is 28.2. The van der Waals surface area contributed by atoms with Crippen LogP contribution in [0.5, 0.6) is 0 Å². The van der Waals surface area contributed by atoms with Crippen molar-refractivity contribution in [2.45, 2.75) is 0 Å². The highest BCUT2D eigenvalue weighted by Gasteiger charge is 2.24. The van der Waals surface area contributed by atoms with E-state index in [1.807, 2.05) is 78.9 Å². The normalized spacial score (nSPS) is 13.5. The van der Waals surface area contributed by atoms with Crippen LogP contribution in [0, 0.1) is 0 Å². The maximum absolute atomic E-state index is 9.03. The van der Waals surface area contributed by atoms with Crippen molar-refractivity contribution in [1.29, 1.82) is 0 Å². The predicted molar refractivity (Wildman–Crippen MR) is 212 cm³/mol. The van der Waals surface area contributed by atoms with Gasteiger partial charge in [-0.2, -0.15) is 0 Å². The second-order valence-electron chi connectivity index (χ2n) is 12.4. The summed E-state index contributed by atoms with van der Waals surface area (Å²) < 4.78 is 73.1. The van der Waals surface area contributed by atoms with Crippen LogP contribution in [0.25, 0.3) is 77.3 Å². The highest BCUT2D eigenvalue weighted by Crippen LogP contribution is 2.48. The summed E-state index contributed by atoms with van der Waals surface area (Å²) in [5, 5.41) is 2.06. The minimum atomic E-state index is -0.461. The van der Waals surface area contributed by atoms with E-state index >= 15 is 0 Å². The summed E-state index contributed by atoms with van der Waals surface area (Å²) in [5.41, 5.74) is 8.75. The van der Waals surface area contributed by atoms with Crippen molar-refractivity contribution in [3.63, 3.8) is 0 Å². The molecule has 8 aromatic carbocycles. The number of benzene rings is 8. The number of furan rings is 2. The smallest absolute Gasteiger partial charge is 0.160 e. The summed E-state index contributed by atoms with van der Waals surface area (Å²) in [5.74, 6) is 0. The van der Waals surface area contributed by atoms with E-state index in [1.54, 1.807) is 0 Å². The molecule has 0 bridgehead atoms. The molecule has 240 valence electrons. The van der Waals surface area contributed by atoms with Gasteiger partial charge in [0.25, 0.3) is 0 Å². The van der Waals surface area contributed by atoms with Crippen molar-refractivity contribution in [3.05, 3.63) is 188 Å². The fraction of sp³-hybridized carbons (Fsp3) is 0. The van der Waals surface area contributed by atoms with Crippen LogP contribution in [-0.4, -0.2) is 0 Å². The summed E-state index contributed by atoms with van der Waals surface area (Å²) in [7, 11) is 0. The van der Waals surface area contributed by atoms with Gasteiger partial charge in [-0.15, -0.1) is 0 Å². The van der Waals surface area contributed by atoms with Crippen LogP contribution in [0.4, 0.5) is 17.1 Å². The van der Waals surface area contributed by atoms with Gasteiger partial charge in [0.05, 0.1) is 15.3 Å². The first kappa shape index (κ1) is 22.7. The summed E-state index contributed by atoms with van der Waals surface area (Å²) in [4.78, 5) is 2.16. The molecule has 0 spiro atoms. The molecular weight excluding hydrogens is 623 g/mol. The topological polar surface area (TPSA) is 29.5 Å². The van der Waals surface area contributed by atoms with E-state index < -0.39 is 12.1 Å². The Hall–Kier alpha value is -6.84. The molecule has 10 rings (SSSR count). The monoisotopic (exact) mass is 660 g/mol. The Morgan fingerprint density at radius 1 is 0.373 bits per heavy atom. The van der Waals surface area contributed by atoms with E-state index in [9.17, 15) is 0 Å². The predicted octanol–water partition coefficient (Wildman–Crippen LogP) is 14.0. The van der Waals surface area contributed by atoms with E-state index in [4.69, 9.17) is 18.4 Å². The van der Waals surface area contributed by atoms with E-state index in [0.29, 0.717) is 11.1 Å². The molecule has 0 fully saturated rings. The lowest BCUT2D eigenvalue weighted by Crippen LogP contribution is -2.11. The quantitative estimate of drug-likeness (QED) is 0.178.